The van der Waals surface area contributed by atoms with Crippen molar-refractivity contribution in [1.82, 2.24) is 9.97 Å². The molecule has 0 unspecified atom stereocenters. The number of hydrogen-bond donors (Lipinski definition) is 2. The number of anilines is 1. The molecule has 0 aliphatic rings. The molecule has 0 aliphatic heterocycles. The summed E-state index contributed by atoms with van der Waals surface area (Å²) in [4.78, 5) is 19.5. The molecule has 1 heterocycles. The van der Waals surface area contributed by atoms with Gasteiger partial charge in [0, 0.05) is 13.6 Å². The van der Waals surface area contributed by atoms with Crippen LogP contribution in [-0.4, -0.2) is 34.3 Å². The quantitative estimate of drug-likeness (QED) is 0.854. The molecule has 0 aliphatic carbocycles. The Bertz CT molecular complexity index is 397. The molecule has 15 heavy (non-hydrogen) atoms. The van der Waals surface area contributed by atoms with Gasteiger partial charge in [-0.1, -0.05) is 0 Å². The summed E-state index contributed by atoms with van der Waals surface area (Å²) < 4.78 is 0.372. The first-order valence-electron chi connectivity index (χ1n) is 4.48. The molecule has 0 radical (unpaired) electrons. The highest BCUT2D eigenvalue weighted by Crippen LogP contribution is 2.19. The van der Waals surface area contributed by atoms with Gasteiger partial charge >= 0.3 is 0 Å². The number of rotatable bonds is 3. The van der Waals surface area contributed by atoms with E-state index in [1.807, 2.05) is 0 Å². The molecule has 0 bridgehead atoms. The van der Waals surface area contributed by atoms with Crippen LogP contribution in [0.4, 0.5) is 5.82 Å². The summed E-state index contributed by atoms with van der Waals surface area (Å²) in [6, 6.07) is 0. The van der Waals surface area contributed by atoms with Crippen molar-refractivity contribution in [3.05, 3.63) is 21.2 Å². The van der Waals surface area contributed by atoms with Crippen LogP contribution >= 0.6 is 15.9 Å². The van der Waals surface area contributed by atoms with Gasteiger partial charge in [-0.3, -0.25) is 4.79 Å². The normalized spacial score (nSPS) is 11.5. The summed E-state index contributed by atoms with van der Waals surface area (Å²) in [7, 11) is 1.77. The van der Waals surface area contributed by atoms with Gasteiger partial charge in [0.25, 0.3) is 5.56 Å². The lowest BCUT2D eigenvalue weighted by Crippen LogP contribution is -2.37. The Labute approximate surface area is 96.3 Å². The van der Waals surface area contributed by atoms with Gasteiger partial charge in [-0.05, 0) is 29.8 Å². The predicted molar refractivity (Wildman–Crippen MR) is 62.1 cm³/mol. The minimum absolute atomic E-state index is 0.234. The summed E-state index contributed by atoms with van der Waals surface area (Å²) in [5.74, 6) is 0.515. The molecular weight excluding hydrogens is 262 g/mol. The van der Waals surface area contributed by atoms with Gasteiger partial charge in [-0.15, -0.1) is 0 Å². The first-order chi connectivity index (χ1) is 6.81. The van der Waals surface area contributed by atoms with Crippen LogP contribution in [-0.2, 0) is 0 Å². The van der Waals surface area contributed by atoms with E-state index in [-0.39, 0.29) is 5.56 Å². The van der Waals surface area contributed by atoms with Crippen molar-refractivity contribution in [3.8, 4) is 0 Å². The highest BCUT2D eigenvalue weighted by molar-refractivity contribution is 9.10. The highest BCUT2D eigenvalue weighted by Gasteiger charge is 2.18. The molecule has 0 spiro atoms. The van der Waals surface area contributed by atoms with Crippen LogP contribution < -0.4 is 10.5 Å². The van der Waals surface area contributed by atoms with Crippen molar-refractivity contribution < 1.29 is 5.11 Å². The van der Waals surface area contributed by atoms with E-state index < -0.39 is 5.60 Å². The van der Waals surface area contributed by atoms with Crippen molar-refractivity contribution >= 4 is 21.7 Å². The molecule has 0 aromatic carbocycles. The highest BCUT2D eigenvalue weighted by atomic mass is 79.9. The van der Waals surface area contributed by atoms with Crippen LogP contribution in [0.25, 0.3) is 0 Å². The molecule has 5 nitrogen and oxygen atoms in total. The van der Waals surface area contributed by atoms with E-state index >= 15 is 0 Å². The minimum Gasteiger partial charge on any atom is -0.389 e. The van der Waals surface area contributed by atoms with Crippen LogP contribution in [0, 0.1) is 0 Å². The van der Waals surface area contributed by atoms with E-state index in [0.717, 1.165) is 0 Å². The molecule has 0 saturated carbocycles. The maximum Gasteiger partial charge on any atom is 0.267 e. The molecule has 1 aromatic heterocycles. The fraction of sp³-hybridized carbons (Fsp3) is 0.556. The van der Waals surface area contributed by atoms with E-state index in [0.29, 0.717) is 16.8 Å². The fourth-order valence-corrected chi connectivity index (χ4v) is 1.81. The third-order valence-corrected chi connectivity index (χ3v) is 2.48. The number of aliphatic hydroxyl groups is 1. The van der Waals surface area contributed by atoms with Crippen LogP contribution in [0.3, 0.4) is 0 Å². The van der Waals surface area contributed by atoms with Crippen LogP contribution in [0.5, 0.6) is 0 Å². The average molecular weight is 276 g/mol. The monoisotopic (exact) mass is 275 g/mol. The van der Waals surface area contributed by atoms with Crippen LogP contribution in [0.15, 0.2) is 15.6 Å². The first kappa shape index (κ1) is 12.2. The van der Waals surface area contributed by atoms with Gasteiger partial charge in [0.1, 0.15) is 10.3 Å². The third kappa shape index (κ3) is 3.32. The van der Waals surface area contributed by atoms with Gasteiger partial charge < -0.3 is 15.0 Å². The predicted octanol–water partition coefficient (Wildman–Crippen LogP) is 0.739. The van der Waals surface area contributed by atoms with Gasteiger partial charge in [-0.2, -0.15) is 0 Å². The van der Waals surface area contributed by atoms with Crippen LogP contribution in [0.1, 0.15) is 13.8 Å². The zero-order valence-electron chi connectivity index (χ0n) is 8.91. The second-order valence-electron chi connectivity index (χ2n) is 4.04. The molecule has 6 heteroatoms. The van der Waals surface area contributed by atoms with E-state index in [9.17, 15) is 9.90 Å². The van der Waals surface area contributed by atoms with Crippen LogP contribution in [0.2, 0.25) is 0 Å². The number of H-pyrrole nitrogens is 1. The molecule has 0 amide bonds. The molecular formula is C9H14BrN3O2. The average Bonchev–Trinajstić information content (AvgIpc) is 2.06. The lowest BCUT2D eigenvalue weighted by molar-refractivity contribution is 0.0884. The van der Waals surface area contributed by atoms with Gasteiger partial charge in [0.05, 0.1) is 11.9 Å². The van der Waals surface area contributed by atoms with Crippen molar-refractivity contribution in [3.63, 3.8) is 0 Å². The number of aromatic amines is 1. The maximum absolute atomic E-state index is 11.3. The zero-order chi connectivity index (χ0) is 11.6. The topological polar surface area (TPSA) is 69.2 Å². The van der Waals surface area contributed by atoms with Crippen molar-refractivity contribution in [2.45, 2.75) is 19.4 Å². The van der Waals surface area contributed by atoms with Crippen molar-refractivity contribution in [1.29, 1.82) is 0 Å². The molecule has 84 valence electrons. The van der Waals surface area contributed by atoms with Crippen molar-refractivity contribution in [2.75, 3.05) is 18.5 Å². The lowest BCUT2D eigenvalue weighted by Gasteiger charge is -2.26. The molecule has 0 saturated heterocycles. The third-order valence-electron chi connectivity index (χ3n) is 1.76. The summed E-state index contributed by atoms with van der Waals surface area (Å²) in [6.07, 6.45) is 1.34. The second kappa shape index (κ2) is 4.32. The SMILES string of the molecule is CN(CC(C)(C)O)c1nc[nH]c(=O)c1Br. The van der Waals surface area contributed by atoms with Crippen molar-refractivity contribution in [2.24, 2.45) is 0 Å². The Kier molecular flexibility index (Phi) is 3.51. The lowest BCUT2D eigenvalue weighted by atomic mass is 10.1. The number of hydrogen-bond acceptors (Lipinski definition) is 4. The Balaban J connectivity index is 2.97. The number of nitrogens with zero attached hydrogens (tertiary/aromatic N) is 2. The van der Waals surface area contributed by atoms with Gasteiger partial charge in [0.2, 0.25) is 0 Å². The zero-order valence-corrected chi connectivity index (χ0v) is 10.5. The Morgan fingerprint density at radius 3 is 2.80 bits per heavy atom. The Hall–Kier alpha value is -0.880. The Morgan fingerprint density at radius 1 is 1.67 bits per heavy atom. The smallest absolute Gasteiger partial charge is 0.267 e. The number of halogens is 1. The second-order valence-corrected chi connectivity index (χ2v) is 4.83. The van der Waals surface area contributed by atoms with E-state index in [2.05, 4.69) is 25.9 Å². The van der Waals surface area contributed by atoms with E-state index in [1.165, 1.54) is 6.33 Å². The minimum atomic E-state index is -0.835. The summed E-state index contributed by atoms with van der Waals surface area (Å²) in [5, 5.41) is 9.64. The molecule has 0 atom stereocenters. The largest absolute Gasteiger partial charge is 0.389 e. The van der Waals surface area contributed by atoms with Gasteiger partial charge in [-0.25, -0.2) is 4.98 Å². The Morgan fingerprint density at radius 2 is 2.27 bits per heavy atom. The molecule has 1 aromatic rings. The van der Waals surface area contributed by atoms with Gasteiger partial charge in [0.15, 0.2) is 0 Å². The molecule has 1 rings (SSSR count). The summed E-state index contributed by atoms with van der Waals surface area (Å²) in [5.41, 5.74) is -1.07. The number of nitrogens with one attached hydrogen (secondary N) is 1. The fourth-order valence-electron chi connectivity index (χ4n) is 1.30. The standard InChI is InChI=1S/C9H14BrN3O2/c1-9(2,15)4-13(3)7-6(10)8(14)12-5-11-7/h5,15H,4H2,1-3H3,(H,11,12,14). The first-order valence-corrected chi connectivity index (χ1v) is 5.27. The summed E-state index contributed by atoms with van der Waals surface area (Å²) in [6.45, 7) is 3.79. The van der Waals surface area contributed by atoms with E-state index in [4.69, 9.17) is 0 Å². The molecule has 2 N–H and O–H groups in total. The number of aromatic nitrogens is 2. The maximum atomic E-state index is 11.3. The van der Waals surface area contributed by atoms with E-state index in [1.54, 1.807) is 25.8 Å². The summed E-state index contributed by atoms with van der Waals surface area (Å²) >= 11 is 3.16. The molecule has 0 fully saturated rings. The number of likely N-dealkylation sites (N-methyl/N-ethyl adjacent to an activating group) is 1.